The lowest BCUT2D eigenvalue weighted by Gasteiger charge is -2.14. The van der Waals surface area contributed by atoms with Gasteiger partial charge in [0.2, 0.25) is 0 Å². The van der Waals surface area contributed by atoms with Crippen LogP contribution in [0.5, 0.6) is 5.75 Å². The maximum atomic E-state index is 12.7. The van der Waals surface area contributed by atoms with Gasteiger partial charge in [-0.3, -0.25) is 0 Å². The van der Waals surface area contributed by atoms with Gasteiger partial charge in [-0.1, -0.05) is 152 Å². The van der Waals surface area contributed by atoms with Gasteiger partial charge in [0.1, 0.15) is 5.75 Å². The Morgan fingerprint density at radius 3 is 1.58 bits per heavy atom. The number of carbonyl (C=O) groups excluding carboxylic acids is 1. The summed E-state index contributed by atoms with van der Waals surface area (Å²) in [5.41, 5.74) is 5.23. The second-order valence-electron chi connectivity index (χ2n) is 12.1. The third kappa shape index (κ3) is 13.5. The van der Waals surface area contributed by atoms with Gasteiger partial charge in [0.25, 0.3) is 0 Å². The van der Waals surface area contributed by atoms with Gasteiger partial charge in [0.15, 0.2) is 0 Å². The molecule has 3 rings (SSSR count). The minimum atomic E-state index is -0.348. The van der Waals surface area contributed by atoms with Gasteiger partial charge in [0.05, 0.1) is 11.7 Å². The van der Waals surface area contributed by atoms with E-state index >= 15 is 0 Å². The first-order chi connectivity index (χ1) is 21.1. The van der Waals surface area contributed by atoms with Crippen molar-refractivity contribution in [2.75, 3.05) is 6.61 Å². The summed E-state index contributed by atoms with van der Waals surface area (Å²) in [5, 5.41) is 0. The maximum absolute atomic E-state index is 12.7. The molecule has 1 atom stereocenters. The number of rotatable bonds is 22. The second-order valence-corrected chi connectivity index (χ2v) is 12.1. The predicted octanol–water partition coefficient (Wildman–Crippen LogP) is 12.1. The molecule has 0 amide bonds. The maximum Gasteiger partial charge on any atom is 0.343 e. The van der Waals surface area contributed by atoms with Gasteiger partial charge < -0.3 is 9.47 Å². The van der Waals surface area contributed by atoms with Crippen LogP contribution in [0.3, 0.4) is 0 Å². The van der Waals surface area contributed by atoms with Gasteiger partial charge in [0, 0.05) is 6.61 Å². The molecule has 0 aliphatic heterocycles. The van der Waals surface area contributed by atoms with Crippen LogP contribution in [0.1, 0.15) is 145 Å². The molecule has 0 radical (unpaired) electrons. The highest BCUT2D eigenvalue weighted by atomic mass is 16.5. The van der Waals surface area contributed by atoms with Crippen LogP contribution in [0.4, 0.5) is 0 Å². The summed E-state index contributed by atoms with van der Waals surface area (Å²) in [6.45, 7) is 7.35. The number of hydrogen-bond acceptors (Lipinski definition) is 3. The van der Waals surface area contributed by atoms with E-state index in [4.69, 9.17) is 9.47 Å². The summed E-state index contributed by atoms with van der Waals surface area (Å²) in [4.78, 5) is 12.7. The lowest BCUT2D eigenvalue weighted by molar-refractivity contribution is 0.0627. The molecule has 3 aromatic rings. The van der Waals surface area contributed by atoms with Crippen LogP contribution in [0, 0.1) is 0 Å². The van der Waals surface area contributed by atoms with Crippen LogP contribution in [0.2, 0.25) is 0 Å². The van der Waals surface area contributed by atoms with E-state index in [9.17, 15) is 4.79 Å². The minimum absolute atomic E-state index is 0.0234. The third-order valence-corrected chi connectivity index (χ3v) is 8.37. The van der Waals surface area contributed by atoms with Crippen molar-refractivity contribution in [2.24, 2.45) is 0 Å². The highest BCUT2D eigenvalue weighted by Gasteiger charge is 2.11. The van der Waals surface area contributed by atoms with Crippen molar-refractivity contribution < 1.29 is 14.3 Å². The lowest BCUT2D eigenvalue weighted by Crippen LogP contribution is -2.08. The Balaban J connectivity index is 1.26. The average Bonchev–Trinajstić information content (AvgIpc) is 3.04. The van der Waals surface area contributed by atoms with E-state index < -0.39 is 0 Å². The molecule has 0 saturated carbocycles. The summed E-state index contributed by atoms with van der Waals surface area (Å²) in [6, 6.07) is 23.9. The van der Waals surface area contributed by atoms with Crippen LogP contribution in [-0.4, -0.2) is 12.6 Å². The van der Waals surface area contributed by atoms with Gasteiger partial charge in [-0.2, -0.15) is 0 Å². The second kappa shape index (κ2) is 20.9. The van der Waals surface area contributed by atoms with Crippen molar-refractivity contribution in [3.63, 3.8) is 0 Å². The fourth-order valence-electron chi connectivity index (χ4n) is 5.58. The molecule has 0 spiro atoms. The summed E-state index contributed by atoms with van der Waals surface area (Å²) >= 11 is 0. The van der Waals surface area contributed by atoms with Crippen LogP contribution in [0.15, 0.2) is 72.8 Å². The topological polar surface area (TPSA) is 35.5 Å². The number of carbonyl (C=O) groups is 1. The normalized spacial score (nSPS) is 11.9. The smallest absolute Gasteiger partial charge is 0.343 e. The molecule has 0 fully saturated rings. The van der Waals surface area contributed by atoms with Gasteiger partial charge in [-0.15, -0.1) is 0 Å². The summed E-state index contributed by atoms with van der Waals surface area (Å²) in [7, 11) is 0. The first-order valence-electron chi connectivity index (χ1n) is 17.2. The first-order valence-corrected chi connectivity index (χ1v) is 17.2. The van der Waals surface area contributed by atoms with Crippen LogP contribution in [-0.2, 0) is 11.2 Å². The molecular formula is C40H56O3. The fraction of sp³-hybridized carbons (Fsp3) is 0.525. The number of hydrogen-bond donors (Lipinski definition) is 0. The zero-order valence-corrected chi connectivity index (χ0v) is 27.3. The number of ether oxygens (including phenoxy) is 2. The molecule has 0 heterocycles. The van der Waals surface area contributed by atoms with Crippen molar-refractivity contribution in [2.45, 2.75) is 130 Å². The zero-order valence-electron chi connectivity index (χ0n) is 27.3. The monoisotopic (exact) mass is 584 g/mol. The highest BCUT2D eigenvalue weighted by molar-refractivity contribution is 5.91. The van der Waals surface area contributed by atoms with Crippen molar-refractivity contribution >= 4 is 5.97 Å². The molecule has 234 valence electrons. The molecule has 3 heteroatoms. The van der Waals surface area contributed by atoms with E-state index in [1.54, 1.807) is 0 Å². The highest BCUT2D eigenvalue weighted by Crippen LogP contribution is 2.24. The lowest BCUT2D eigenvalue weighted by atomic mass is 10.0. The third-order valence-electron chi connectivity index (χ3n) is 8.37. The van der Waals surface area contributed by atoms with Crippen LogP contribution >= 0.6 is 0 Å². The minimum Gasteiger partial charge on any atom is -0.423 e. The molecule has 1 unspecified atom stereocenters. The fourth-order valence-corrected chi connectivity index (χ4v) is 5.58. The van der Waals surface area contributed by atoms with Crippen molar-refractivity contribution in [3.05, 3.63) is 89.5 Å². The molecule has 0 aliphatic rings. The van der Waals surface area contributed by atoms with E-state index in [0.29, 0.717) is 11.3 Å². The van der Waals surface area contributed by atoms with Crippen LogP contribution < -0.4 is 4.74 Å². The molecule has 0 aromatic heterocycles. The summed E-state index contributed by atoms with van der Waals surface area (Å²) in [5.74, 6) is 0.197. The Morgan fingerprint density at radius 1 is 0.581 bits per heavy atom. The molecule has 0 saturated heterocycles. The molecule has 3 aromatic carbocycles. The predicted molar refractivity (Wildman–Crippen MR) is 182 cm³/mol. The zero-order chi connectivity index (χ0) is 30.5. The van der Waals surface area contributed by atoms with Crippen molar-refractivity contribution in [3.8, 4) is 16.9 Å². The average molecular weight is 585 g/mol. The van der Waals surface area contributed by atoms with E-state index in [-0.39, 0.29) is 12.1 Å². The Labute approximate surface area is 262 Å². The molecule has 0 bridgehead atoms. The molecule has 3 nitrogen and oxygen atoms in total. The quantitative estimate of drug-likeness (QED) is 0.0669. The molecule has 43 heavy (non-hydrogen) atoms. The van der Waals surface area contributed by atoms with E-state index in [2.05, 4.69) is 45.0 Å². The van der Waals surface area contributed by atoms with E-state index in [0.717, 1.165) is 42.6 Å². The summed E-state index contributed by atoms with van der Waals surface area (Å²) in [6.07, 6.45) is 21.3. The molecule has 0 N–H and O–H groups in total. The largest absolute Gasteiger partial charge is 0.423 e. The number of unbranched alkanes of at least 4 members (excludes halogenated alkanes) is 13. The first kappa shape index (κ1) is 34.6. The molecular weight excluding hydrogens is 528 g/mol. The Bertz CT molecular complexity index is 1130. The SMILES string of the molecule is CCCCCCCCCCCCCCCCOC(C)c1ccc(OC(=O)c2ccc(-c3ccc(CCC)cc3)cc2)cc1. The van der Waals surface area contributed by atoms with Crippen molar-refractivity contribution in [1.29, 1.82) is 0 Å². The Hall–Kier alpha value is -2.91. The van der Waals surface area contributed by atoms with Gasteiger partial charge in [-0.25, -0.2) is 4.79 Å². The standard InChI is InChI=1S/C40H56O3/c1-4-6-7-8-9-10-11-12-13-14-15-16-17-18-32-42-33(3)35-28-30-39(31-29-35)43-40(41)38-26-24-37(25-27-38)36-22-20-34(19-5-2)21-23-36/h20-31,33H,4-19,32H2,1-3H3. The van der Waals surface area contributed by atoms with E-state index in [1.165, 1.54) is 89.0 Å². The van der Waals surface area contributed by atoms with Gasteiger partial charge in [-0.05, 0) is 66.3 Å². The molecule has 0 aliphatic carbocycles. The van der Waals surface area contributed by atoms with E-state index in [1.807, 2.05) is 48.5 Å². The number of benzene rings is 3. The Kier molecular flexibility index (Phi) is 16.8. The van der Waals surface area contributed by atoms with Crippen molar-refractivity contribution in [1.82, 2.24) is 0 Å². The van der Waals surface area contributed by atoms with Gasteiger partial charge >= 0.3 is 5.97 Å². The summed E-state index contributed by atoms with van der Waals surface area (Å²) < 4.78 is 11.7. The van der Waals surface area contributed by atoms with Crippen LogP contribution in [0.25, 0.3) is 11.1 Å². The number of aryl methyl sites for hydroxylation is 1. The Morgan fingerprint density at radius 2 is 1.07 bits per heavy atom. The number of esters is 1.